The van der Waals surface area contributed by atoms with Crippen LogP contribution in [-0.2, 0) is 16.0 Å². The van der Waals surface area contributed by atoms with Crippen LogP contribution in [0, 0.1) is 0 Å². The van der Waals surface area contributed by atoms with E-state index in [0.29, 0.717) is 27.5 Å². The van der Waals surface area contributed by atoms with E-state index in [1.165, 1.54) is 4.26 Å². The van der Waals surface area contributed by atoms with Crippen molar-refractivity contribution in [3.05, 3.63) is 28.8 Å². The molecule has 0 N–H and O–H groups in total. The number of aromatic nitrogens is 1. The number of esters is 1. The van der Waals surface area contributed by atoms with Crippen LogP contribution in [0.15, 0.2) is 24.3 Å². The number of aryl methyl sites for hydroxylation is 1. The predicted octanol–water partition coefficient (Wildman–Crippen LogP) is 1.79. The summed E-state index contributed by atoms with van der Waals surface area (Å²) in [5.41, 5.74) is 1.07. The minimum atomic E-state index is -0.128. The monoisotopic (exact) mass is 283 g/mol. The molecule has 0 unspecified atom stereocenters. The second kappa shape index (κ2) is 5.28. The Bertz CT molecular complexity index is 459. The van der Waals surface area contributed by atoms with Crippen LogP contribution in [0.1, 0.15) is 17.9 Å². The average molecular weight is 282 g/mol. The Morgan fingerprint density at radius 1 is 1.44 bits per heavy atom. The summed E-state index contributed by atoms with van der Waals surface area (Å²) in [5, 5.41) is 0. The fraction of sp³-hybridized carbons (Fsp3) is 0.333. The summed E-state index contributed by atoms with van der Waals surface area (Å²) in [7, 11) is 0. The summed E-state index contributed by atoms with van der Waals surface area (Å²) in [5.74, 6) is -0.128. The van der Waals surface area contributed by atoms with Crippen molar-refractivity contribution in [2.75, 3.05) is 6.61 Å². The summed E-state index contributed by atoms with van der Waals surface area (Å²) in [6.45, 7) is 2.28. The van der Waals surface area contributed by atoms with E-state index in [4.69, 9.17) is 4.74 Å². The third-order valence-electron chi connectivity index (χ3n) is 2.19. The fourth-order valence-electron chi connectivity index (χ4n) is 1.47. The summed E-state index contributed by atoms with van der Waals surface area (Å²) in [6.07, 6.45) is 1.18. The third-order valence-corrected chi connectivity index (χ3v) is 4.49. The van der Waals surface area contributed by atoms with Gasteiger partial charge in [-0.2, -0.15) is 0 Å². The zero-order valence-electron chi connectivity index (χ0n) is 9.10. The number of hydrogen-bond donors (Lipinski definition) is 0. The first-order valence-electron chi connectivity index (χ1n) is 5.29. The topological polar surface area (TPSA) is 39.2 Å². The first-order valence-corrected chi connectivity index (χ1v) is 7.01. The standard InChI is InChI=1S/C12H13NO2Se/c1-2-15-12(14)8-7-11-13-9-5-3-4-6-10(9)16-11/h3-6H,2,7-8H2,1H3. The Hall–Kier alpha value is -1.12. The molecule has 0 bridgehead atoms. The molecular formula is C12H13NO2Se. The second-order valence-corrected chi connectivity index (χ2v) is 5.72. The number of nitrogens with zero attached hydrogens (tertiary/aromatic N) is 1. The zero-order chi connectivity index (χ0) is 11.4. The van der Waals surface area contributed by atoms with Crippen LogP contribution >= 0.6 is 0 Å². The molecule has 4 heteroatoms. The van der Waals surface area contributed by atoms with Gasteiger partial charge >= 0.3 is 100.0 Å². The van der Waals surface area contributed by atoms with Crippen LogP contribution in [0.5, 0.6) is 0 Å². The second-order valence-electron chi connectivity index (χ2n) is 3.38. The van der Waals surface area contributed by atoms with Gasteiger partial charge in [0.1, 0.15) is 0 Å². The number of fused-ring (bicyclic) bond motifs is 1. The van der Waals surface area contributed by atoms with Gasteiger partial charge in [-0.05, 0) is 0 Å². The molecule has 0 fully saturated rings. The van der Waals surface area contributed by atoms with E-state index in [2.05, 4.69) is 11.1 Å². The van der Waals surface area contributed by atoms with E-state index in [0.717, 1.165) is 16.5 Å². The first-order chi connectivity index (χ1) is 7.79. The molecule has 16 heavy (non-hydrogen) atoms. The number of ether oxygens (including phenoxy) is 1. The van der Waals surface area contributed by atoms with E-state index in [1.54, 1.807) is 0 Å². The Balaban J connectivity index is 2.02. The van der Waals surface area contributed by atoms with Gasteiger partial charge in [-0.1, -0.05) is 0 Å². The van der Waals surface area contributed by atoms with Crippen LogP contribution in [0.25, 0.3) is 9.78 Å². The molecule has 0 amide bonds. The van der Waals surface area contributed by atoms with Crippen LogP contribution in [0.2, 0.25) is 0 Å². The molecule has 0 aliphatic carbocycles. The van der Waals surface area contributed by atoms with Crippen LogP contribution < -0.4 is 0 Å². The summed E-state index contributed by atoms with van der Waals surface area (Å²) < 4.78 is 7.35. The summed E-state index contributed by atoms with van der Waals surface area (Å²) in [6, 6.07) is 8.15. The normalized spacial score (nSPS) is 10.6. The van der Waals surface area contributed by atoms with Crippen molar-refractivity contribution >= 4 is 30.2 Å². The first kappa shape index (κ1) is 11.4. The number of carbonyl (C=O) groups is 1. The molecule has 0 atom stereocenters. The van der Waals surface area contributed by atoms with Crippen LogP contribution in [-0.4, -0.2) is 32.1 Å². The zero-order valence-corrected chi connectivity index (χ0v) is 10.8. The predicted molar refractivity (Wildman–Crippen MR) is 63.6 cm³/mol. The molecule has 84 valence electrons. The van der Waals surface area contributed by atoms with Gasteiger partial charge in [-0.3, -0.25) is 0 Å². The minimum absolute atomic E-state index is 0.128. The molecule has 0 saturated carbocycles. The van der Waals surface area contributed by atoms with E-state index < -0.39 is 0 Å². The molecule has 0 aliphatic heterocycles. The van der Waals surface area contributed by atoms with Crippen molar-refractivity contribution in [1.29, 1.82) is 0 Å². The van der Waals surface area contributed by atoms with Gasteiger partial charge in [0, 0.05) is 0 Å². The van der Waals surface area contributed by atoms with Crippen molar-refractivity contribution in [1.82, 2.24) is 4.98 Å². The number of rotatable bonds is 4. The Kier molecular flexibility index (Phi) is 3.75. The number of benzene rings is 1. The van der Waals surface area contributed by atoms with E-state index >= 15 is 0 Å². The number of carbonyl (C=O) groups excluding carboxylic acids is 1. The molecular weight excluding hydrogens is 269 g/mol. The summed E-state index contributed by atoms with van der Waals surface area (Å²) in [4.78, 5) is 15.7. The fourth-order valence-corrected chi connectivity index (χ4v) is 3.50. The van der Waals surface area contributed by atoms with Gasteiger partial charge in [0.15, 0.2) is 0 Å². The molecule has 1 aromatic carbocycles. The molecule has 0 aliphatic rings. The molecule has 1 heterocycles. The van der Waals surface area contributed by atoms with Gasteiger partial charge in [0.2, 0.25) is 0 Å². The van der Waals surface area contributed by atoms with Gasteiger partial charge in [-0.25, -0.2) is 0 Å². The Morgan fingerprint density at radius 3 is 3.00 bits per heavy atom. The Labute approximate surface area is 100 Å². The van der Waals surface area contributed by atoms with Crippen molar-refractivity contribution < 1.29 is 9.53 Å². The van der Waals surface area contributed by atoms with Gasteiger partial charge in [0.25, 0.3) is 0 Å². The molecule has 0 saturated heterocycles. The molecule has 0 radical (unpaired) electrons. The molecule has 3 nitrogen and oxygen atoms in total. The average Bonchev–Trinajstić information content (AvgIpc) is 2.69. The molecule has 2 rings (SSSR count). The van der Waals surface area contributed by atoms with Gasteiger partial charge < -0.3 is 0 Å². The quantitative estimate of drug-likeness (QED) is 0.634. The molecule has 0 spiro atoms. The Morgan fingerprint density at radius 2 is 2.25 bits per heavy atom. The van der Waals surface area contributed by atoms with E-state index in [1.807, 2.05) is 25.1 Å². The van der Waals surface area contributed by atoms with Gasteiger partial charge in [-0.15, -0.1) is 0 Å². The maximum atomic E-state index is 11.2. The van der Waals surface area contributed by atoms with Crippen molar-refractivity contribution in [2.24, 2.45) is 0 Å². The van der Waals surface area contributed by atoms with E-state index in [9.17, 15) is 4.79 Å². The summed E-state index contributed by atoms with van der Waals surface area (Å²) >= 11 is 0.295. The number of para-hydroxylation sites is 1. The SMILES string of the molecule is CCOC(=O)CCc1nc2ccccc2[se]1. The van der Waals surface area contributed by atoms with Crippen molar-refractivity contribution in [3.8, 4) is 0 Å². The molecule has 2 aromatic rings. The number of hydrogen-bond acceptors (Lipinski definition) is 3. The maximum absolute atomic E-state index is 11.2. The van der Waals surface area contributed by atoms with E-state index in [-0.39, 0.29) is 5.97 Å². The van der Waals surface area contributed by atoms with Gasteiger partial charge in [0.05, 0.1) is 0 Å². The van der Waals surface area contributed by atoms with Crippen molar-refractivity contribution in [2.45, 2.75) is 19.8 Å². The molecule has 1 aromatic heterocycles. The third kappa shape index (κ3) is 2.71. The van der Waals surface area contributed by atoms with Crippen molar-refractivity contribution in [3.63, 3.8) is 0 Å². The van der Waals surface area contributed by atoms with Crippen LogP contribution in [0.4, 0.5) is 0 Å². The van der Waals surface area contributed by atoms with Crippen LogP contribution in [0.3, 0.4) is 0 Å².